The van der Waals surface area contributed by atoms with Gasteiger partial charge in [-0.15, -0.1) is 11.8 Å². The molecule has 1 saturated carbocycles. The maximum absolute atomic E-state index is 13.1. The van der Waals surface area contributed by atoms with E-state index in [0.29, 0.717) is 23.8 Å². The lowest BCUT2D eigenvalue weighted by Crippen LogP contribution is -2.71. The van der Waals surface area contributed by atoms with Crippen molar-refractivity contribution >= 4 is 69.3 Å². The number of amides is 2. The Morgan fingerprint density at radius 1 is 1.28 bits per heavy atom. The molecule has 3 aliphatic rings. The number of carboxylic acids is 2. The number of pyridine rings is 1. The van der Waals surface area contributed by atoms with Gasteiger partial charge in [0.2, 0.25) is 6.61 Å². The number of rotatable bonds is 10. The average molecular weight is 594 g/mol. The first-order chi connectivity index (χ1) is 18.6. The van der Waals surface area contributed by atoms with Crippen LogP contribution in [0.2, 0.25) is 4.34 Å². The number of nitrogens with zero attached hydrogens (tertiary/aromatic N) is 4. The van der Waals surface area contributed by atoms with Crippen LogP contribution in [0.3, 0.4) is 0 Å². The molecule has 1 saturated heterocycles. The number of fused-ring (bicyclic) bond motifs is 1. The van der Waals surface area contributed by atoms with E-state index in [4.69, 9.17) is 27.3 Å². The molecular weight excluding hydrogens is 572 g/mol. The van der Waals surface area contributed by atoms with Gasteiger partial charge in [-0.1, -0.05) is 28.1 Å². The molecule has 0 bridgehead atoms. The van der Waals surface area contributed by atoms with E-state index in [0.717, 1.165) is 11.3 Å². The number of carboxylic acid groups (broad SMARTS) is 2. The molecule has 1 aliphatic carbocycles. The van der Waals surface area contributed by atoms with Crippen molar-refractivity contribution < 1.29 is 38.8 Å². The van der Waals surface area contributed by atoms with Crippen molar-refractivity contribution in [1.82, 2.24) is 15.2 Å². The molecule has 2 fully saturated rings. The van der Waals surface area contributed by atoms with Crippen LogP contribution < -0.4 is 15.6 Å². The zero-order valence-corrected chi connectivity index (χ0v) is 22.5. The molecule has 204 valence electrons. The van der Waals surface area contributed by atoms with Crippen LogP contribution >= 0.6 is 34.7 Å². The number of aromatic nitrogens is 2. The topological polar surface area (TPSA) is 188 Å². The number of nitrogens with one attached hydrogen (secondary N) is 1. The molecule has 2 aliphatic heterocycles. The minimum absolute atomic E-state index is 0.0114. The van der Waals surface area contributed by atoms with Gasteiger partial charge < -0.3 is 26.1 Å². The van der Waals surface area contributed by atoms with E-state index in [-0.39, 0.29) is 20.9 Å². The van der Waals surface area contributed by atoms with Crippen molar-refractivity contribution in [1.29, 1.82) is 0 Å². The predicted molar refractivity (Wildman–Crippen MR) is 140 cm³/mol. The van der Waals surface area contributed by atoms with Crippen LogP contribution in [0, 0.1) is 0 Å². The van der Waals surface area contributed by atoms with Crippen molar-refractivity contribution in [2.45, 2.75) is 36.7 Å². The Bertz CT molecular complexity index is 1420. The number of β-lactam (4-membered cyclic amide) rings is 1. The van der Waals surface area contributed by atoms with E-state index < -0.39 is 47.5 Å². The summed E-state index contributed by atoms with van der Waals surface area (Å²) in [7, 11) is 0. The molecule has 2 atom stereocenters. The highest BCUT2D eigenvalue weighted by molar-refractivity contribution is 8.00. The summed E-state index contributed by atoms with van der Waals surface area (Å²) in [5, 5.41) is 24.2. The van der Waals surface area contributed by atoms with Crippen LogP contribution in [-0.2, 0) is 30.6 Å². The fraction of sp³-hybridized carbons (Fsp3) is 0.348. The summed E-state index contributed by atoms with van der Waals surface area (Å²) in [6.45, 7) is -0.534. The zero-order valence-electron chi connectivity index (χ0n) is 20.1. The van der Waals surface area contributed by atoms with Gasteiger partial charge in [0.15, 0.2) is 29.8 Å². The molecule has 4 heterocycles. The van der Waals surface area contributed by atoms with Crippen LogP contribution in [0.15, 0.2) is 41.0 Å². The van der Waals surface area contributed by atoms with E-state index in [9.17, 15) is 24.3 Å². The third-order valence-corrected chi connectivity index (χ3v) is 8.68. The Labute approximate surface area is 234 Å². The number of nitrogens with two attached hydrogens (primary N) is 1. The molecule has 16 heteroatoms. The minimum Gasteiger partial charge on any atom is -0.479 e. The largest absolute Gasteiger partial charge is 0.479 e. The Kier molecular flexibility index (Phi) is 7.46. The Hall–Kier alpha value is -3.69. The van der Waals surface area contributed by atoms with Gasteiger partial charge in [-0.2, -0.15) is 0 Å². The number of hydrogen-bond donors (Lipinski definition) is 4. The smallest absolute Gasteiger partial charge is 0.352 e. The molecule has 2 amide bonds. The first-order valence-corrected chi connectivity index (χ1v) is 13.9. The van der Waals surface area contributed by atoms with Crippen LogP contribution in [0.4, 0.5) is 5.13 Å². The highest BCUT2D eigenvalue weighted by atomic mass is 35.5. The highest BCUT2D eigenvalue weighted by Crippen LogP contribution is 2.41. The van der Waals surface area contributed by atoms with Crippen molar-refractivity contribution in [2.24, 2.45) is 5.16 Å². The molecule has 0 aromatic carbocycles. The molecule has 0 radical (unpaired) electrons. The van der Waals surface area contributed by atoms with Gasteiger partial charge in [0.05, 0.1) is 0 Å². The summed E-state index contributed by atoms with van der Waals surface area (Å²) in [4.78, 5) is 59.0. The van der Waals surface area contributed by atoms with Crippen LogP contribution in [-0.4, -0.2) is 73.3 Å². The minimum atomic E-state index is -1.33. The SMILES string of the molecule is Nc1nc(/C(=N/OCC(=O)O)C(=O)N[C@@H]2C(=O)N3C(C(=O)O)=C(C[n+]4ccc(C5CC5)cc4)CS[C@H]23)c(Cl)s1. The molecule has 0 spiro atoms. The van der Waals surface area contributed by atoms with Crippen LogP contribution in [0.1, 0.15) is 30.0 Å². The predicted octanol–water partition coefficient (Wildman–Crippen LogP) is 0.788. The van der Waals surface area contributed by atoms with E-state index in [1.807, 2.05) is 29.1 Å². The molecule has 2 aromatic rings. The van der Waals surface area contributed by atoms with Gasteiger partial charge >= 0.3 is 11.9 Å². The highest BCUT2D eigenvalue weighted by Gasteiger charge is 2.55. The summed E-state index contributed by atoms with van der Waals surface area (Å²) in [6, 6.07) is 2.99. The Balaban J connectivity index is 1.33. The number of carbonyl (C=O) groups excluding carboxylic acids is 2. The molecule has 5 N–H and O–H groups in total. The summed E-state index contributed by atoms with van der Waals surface area (Å²) in [5.41, 5.74) is 6.76. The van der Waals surface area contributed by atoms with E-state index in [1.54, 1.807) is 0 Å². The number of oxime groups is 1. The average Bonchev–Trinajstić information content (AvgIpc) is 3.68. The van der Waals surface area contributed by atoms with Gasteiger partial charge in [0.1, 0.15) is 27.1 Å². The first-order valence-electron chi connectivity index (χ1n) is 11.7. The summed E-state index contributed by atoms with van der Waals surface area (Å²) in [5.74, 6) is -3.16. The molecule has 0 unspecified atom stereocenters. The number of anilines is 1. The van der Waals surface area contributed by atoms with Gasteiger partial charge in [-0.3, -0.25) is 14.5 Å². The Morgan fingerprint density at radius 2 is 2.00 bits per heavy atom. The van der Waals surface area contributed by atoms with Crippen LogP contribution in [0.5, 0.6) is 0 Å². The molecule has 2 aromatic heterocycles. The van der Waals surface area contributed by atoms with Crippen LogP contribution in [0.25, 0.3) is 0 Å². The monoisotopic (exact) mass is 593 g/mol. The van der Waals surface area contributed by atoms with Gasteiger partial charge in [-0.05, 0) is 24.3 Å². The van der Waals surface area contributed by atoms with Gasteiger partial charge in [-0.25, -0.2) is 19.1 Å². The maximum Gasteiger partial charge on any atom is 0.352 e. The summed E-state index contributed by atoms with van der Waals surface area (Å²) in [6.07, 6.45) is 6.17. The third kappa shape index (κ3) is 5.55. The molecule has 39 heavy (non-hydrogen) atoms. The molecular formula is C23H22ClN6O7S2+. The lowest BCUT2D eigenvalue weighted by molar-refractivity contribution is -0.689. The number of nitrogen functional groups attached to an aromatic ring is 1. The van der Waals surface area contributed by atoms with Crippen molar-refractivity contribution in [2.75, 3.05) is 18.1 Å². The van der Waals surface area contributed by atoms with Crippen molar-refractivity contribution in [3.63, 3.8) is 0 Å². The van der Waals surface area contributed by atoms with Crippen molar-refractivity contribution in [3.8, 4) is 0 Å². The standard InChI is InChI=1S/C23H21ClN6O7S2/c24-18-14(27-23(25)39-18)15(28-37-8-13(31)32)19(33)26-16-20(34)30-17(22(35)36)12(9-38-21(16)30)7-29-5-3-11(4-6-29)10-1-2-10/h3-6,10,16,21H,1-2,7-9H2,(H4-,25,26,27,31,32,33,35,36)/p+1/b28-15-/t16-,21-/m1/s1. The number of halogens is 1. The second kappa shape index (κ2) is 10.8. The number of aliphatic carboxylic acids is 2. The summed E-state index contributed by atoms with van der Waals surface area (Å²) < 4.78 is 1.88. The quantitative estimate of drug-likeness (QED) is 0.133. The lowest BCUT2D eigenvalue weighted by Gasteiger charge is -2.49. The van der Waals surface area contributed by atoms with E-state index >= 15 is 0 Å². The molecule has 5 rings (SSSR count). The fourth-order valence-corrected chi connectivity index (χ4v) is 6.57. The summed E-state index contributed by atoms with van der Waals surface area (Å²) >= 11 is 8.29. The second-order valence-electron chi connectivity index (χ2n) is 8.98. The van der Waals surface area contributed by atoms with Gasteiger partial charge in [0.25, 0.3) is 11.8 Å². The van der Waals surface area contributed by atoms with Gasteiger partial charge in [0, 0.05) is 23.5 Å². The lowest BCUT2D eigenvalue weighted by atomic mass is 10.0. The van der Waals surface area contributed by atoms with E-state index in [1.165, 1.54) is 35.1 Å². The fourth-order valence-electron chi connectivity index (χ4n) is 4.31. The second-order valence-corrected chi connectivity index (χ2v) is 11.7. The Morgan fingerprint density at radius 3 is 2.59 bits per heavy atom. The van der Waals surface area contributed by atoms with Crippen molar-refractivity contribution in [3.05, 3.63) is 51.4 Å². The van der Waals surface area contributed by atoms with E-state index in [2.05, 4.69) is 15.5 Å². The number of thiazole rings is 1. The maximum atomic E-state index is 13.1. The molecule has 13 nitrogen and oxygen atoms in total. The number of hydrogen-bond acceptors (Lipinski definition) is 10. The normalized spacial score (nSPS) is 20.8. The number of carbonyl (C=O) groups is 4. The number of thioether (sulfide) groups is 1. The zero-order chi connectivity index (χ0) is 27.8. The third-order valence-electron chi connectivity index (χ3n) is 6.26. The first kappa shape index (κ1) is 26.9.